The van der Waals surface area contributed by atoms with Gasteiger partial charge in [0.2, 0.25) is 11.8 Å². The number of sulfonamides is 1. The van der Waals surface area contributed by atoms with Crippen LogP contribution in [0.25, 0.3) is 0 Å². The van der Waals surface area contributed by atoms with Gasteiger partial charge in [0.15, 0.2) is 5.82 Å². The van der Waals surface area contributed by atoms with Gasteiger partial charge in [0.05, 0.1) is 18.6 Å². The third-order valence-electron chi connectivity index (χ3n) is 4.24. The maximum atomic E-state index is 12.4. The summed E-state index contributed by atoms with van der Waals surface area (Å²) in [4.78, 5) is 15.9. The Balaban J connectivity index is 0.00000261. The summed E-state index contributed by atoms with van der Waals surface area (Å²) in [6.07, 6.45) is 3.63. The van der Waals surface area contributed by atoms with Crippen LogP contribution < -0.4 is 15.8 Å². The molecule has 27 heavy (non-hydrogen) atoms. The summed E-state index contributed by atoms with van der Waals surface area (Å²) < 4.78 is 32.5. The van der Waals surface area contributed by atoms with Crippen LogP contribution in [0.1, 0.15) is 49.2 Å². The minimum Gasteiger partial charge on any atom is -0.351 e. The van der Waals surface area contributed by atoms with Crippen LogP contribution in [-0.2, 0) is 33.4 Å². The fourth-order valence-electron chi connectivity index (χ4n) is 2.80. The van der Waals surface area contributed by atoms with Crippen LogP contribution >= 0.6 is 23.7 Å². The van der Waals surface area contributed by atoms with Gasteiger partial charge in [-0.2, -0.15) is 4.98 Å². The number of thiophene rings is 1. The Morgan fingerprint density at radius 3 is 2.70 bits per heavy atom. The van der Waals surface area contributed by atoms with Crippen molar-refractivity contribution < 1.29 is 17.7 Å². The number of nitrogens with two attached hydrogens (primary N) is 1. The summed E-state index contributed by atoms with van der Waals surface area (Å²) in [7, 11) is -3.70. The summed E-state index contributed by atoms with van der Waals surface area (Å²) in [5, 5.41) is 6.53. The van der Waals surface area contributed by atoms with Gasteiger partial charge in [-0.25, -0.2) is 13.1 Å². The van der Waals surface area contributed by atoms with Crippen molar-refractivity contribution in [1.82, 2.24) is 20.2 Å². The third-order valence-corrected chi connectivity index (χ3v) is 7.21. The first-order valence-corrected chi connectivity index (χ1v) is 10.5. The fraction of sp³-hybridized carbons (Fsp3) is 0.533. The number of hydrogen-bond donors (Lipinski definition) is 3. The summed E-state index contributed by atoms with van der Waals surface area (Å²) in [5.41, 5.74) is 5.69. The molecular weight excluding hydrogens is 414 g/mol. The first-order valence-electron chi connectivity index (χ1n) is 8.23. The van der Waals surface area contributed by atoms with Crippen LogP contribution in [0.5, 0.6) is 0 Å². The molecule has 0 unspecified atom stereocenters. The van der Waals surface area contributed by atoms with E-state index in [9.17, 15) is 13.2 Å². The first kappa shape index (κ1) is 21.8. The average Bonchev–Trinajstić information content (AvgIpc) is 3.32. The molecule has 0 radical (unpaired) electrons. The van der Waals surface area contributed by atoms with Crippen molar-refractivity contribution >= 4 is 39.7 Å². The van der Waals surface area contributed by atoms with E-state index in [1.165, 1.54) is 13.0 Å². The van der Waals surface area contributed by atoms with E-state index in [4.69, 9.17) is 10.3 Å². The molecule has 0 aromatic carbocycles. The summed E-state index contributed by atoms with van der Waals surface area (Å²) in [6.45, 7) is 1.59. The third kappa shape index (κ3) is 5.26. The van der Waals surface area contributed by atoms with Gasteiger partial charge in [0, 0.05) is 11.8 Å². The van der Waals surface area contributed by atoms with Crippen molar-refractivity contribution in [3.8, 4) is 0 Å². The molecule has 4 N–H and O–H groups in total. The molecule has 12 heteroatoms. The maximum Gasteiger partial charge on any atom is 0.250 e. The van der Waals surface area contributed by atoms with Crippen molar-refractivity contribution in [2.75, 3.05) is 0 Å². The van der Waals surface area contributed by atoms with E-state index < -0.39 is 15.6 Å². The molecule has 150 valence electrons. The van der Waals surface area contributed by atoms with Crippen LogP contribution in [0.2, 0.25) is 0 Å². The van der Waals surface area contributed by atoms with Gasteiger partial charge in [0.1, 0.15) is 4.21 Å². The lowest BCUT2D eigenvalue weighted by atomic mass is 9.99. The lowest BCUT2D eigenvalue weighted by Gasteiger charge is -2.17. The number of hydrogen-bond acceptors (Lipinski definition) is 8. The molecule has 0 spiro atoms. The van der Waals surface area contributed by atoms with Crippen molar-refractivity contribution in [3.63, 3.8) is 0 Å². The molecule has 0 bridgehead atoms. The van der Waals surface area contributed by atoms with E-state index in [-0.39, 0.29) is 35.0 Å². The topological polar surface area (TPSA) is 140 Å². The Morgan fingerprint density at radius 1 is 1.33 bits per heavy atom. The molecular formula is C15H22ClN5O4S2. The van der Waals surface area contributed by atoms with Crippen LogP contribution in [0.4, 0.5) is 0 Å². The average molecular weight is 436 g/mol. The number of carbonyl (C=O) groups is 1. The Kier molecular flexibility index (Phi) is 6.98. The molecule has 2 heterocycles. The molecule has 0 aliphatic heterocycles. The second kappa shape index (κ2) is 8.65. The zero-order chi connectivity index (χ0) is 18.8. The number of amides is 1. The predicted molar refractivity (Wildman–Crippen MR) is 102 cm³/mol. The molecule has 3 rings (SSSR count). The highest BCUT2D eigenvalue weighted by Crippen LogP contribution is 2.34. The fourth-order valence-corrected chi connectivity index (χ4v) is 5.11. The lowest BCUT2D eigenvalue weighted by molar-refractivity contribution is -0.119. The number of nitrogens with zero attached hydrogens (tertiary/aromatic N) is 2. The maximum absolute atomic E-state index is 12.4. The Hall–Kier alpha value is -1.53. The van der Waals surface area contributed by atoms with E-state index >= 15 is 0 Å². The minimum atomic E-state index is -3.70. The van der Waals surface area contributed by atoms with Gasteiger partial charge in [-0.1, -0.05) is 18.0 Å². The van der Waals surface area contributed by atoms with Crippen LogP contribution in [-0.4, -0.2) is 24.5 Å². The van der Waals surface area contributed by atoms with Gasteiger partial charge in [0.25, 0.3) is 10.0 Å². The molecule has 1 amide bonds. The van der Waals surface area contributed by atoms with E-state index in [0.717, 1.165) is 41.9 Å². The molecule has 9 nitrogen and oxygen atoms in total. The zero-order valence-electron chi connectivity index (χ0n) is 14.7. The Bertz CT molecular complexity index is 890. The standard InChI is InChI=1S/C15H21N5O4S2.ClH/c1-10(21)17-8-11-4-5-13(25-11)26(22,23)18-9-12-19-14(20-24-12)15(16)6-2-3-7-15;/h4-5,18H,2-3,6-9,16H2,1H3,(H,17,21);1H. The SMILES string of the molecule is CC(=O)NCc1ccc(S(=O)(=O)NCc2nc(C3(N)CCCC3)no2)s1.Cl. The van der Waals surface area contributed by atoms with Crippen LogP contribution in [0.3, 0.4) is 0 Å². The highest BCUT2D eigenvalue weighted by molar-refractivity contribution is 7.91. The van der Waals surface area contributed by atoms with Crippen LogP contribution in [0.15, 0.2) is 20.9 Å². The minimum absolute atomic E-state index is 0. The first-order chi connectivity index (χ1) is 12.3. The van der Waals surface area contributed by atoms with Crippen molar-refractivity contribution in [3.05, 3.63) is 28.7 Å². The van der Waals surface area contributed by atoms with Crippen molar-refractivity contribution in [2.45, 2.75) is 55.4 Å². The van der Waals surface area contributed by atoms with Crippen molar-refractivity contribution in [1.29, 1.82) is 0 Å². The monoisotopic (exact) mass is 435 g/mol. The lowest BCUT2D eigenvalue weighted by Crippen LogP contribution is -2.34. The Labute approximate surface area is 167 Å². The molecule has 2 aromatic heterocycles. The molecule has 1 saturated carbocycles. The molecule has 0 atom stereocenters. The Morgan fingerprint density at radius 2 is 2.04 bits per heavy atom. The molecule has 0 saturated heterocycles. The second-order valence-electron chi connectivity index (χ2n) is 6.33. The molecule has 1 fully saturated rings. The van der Waals surface area contributed by atoms with Crippen molar-refractivity contribution in [2.24, 2.45) is 5.73 Å². The van der Waals surface area contributed by atoms with Crippen LogP contribution in [0, 0.1) is 0 Å². The largest absolute Gasteiger partial charge is 0.351 e. The quantitative estimate of drug-likeness (QED) is 0.596. The van der Waals surface area contributed by atoms with E-state index in [1.807, 2.05) is 0 Å². The van der Waals surface area contributed by atoms with E-state index in [0.29, 0.717) is 12.4 Å². The second-order valence-corrected chi connectivity index (χ2v) is 9.49. The van der Waals surface area contributed by atoms with Gasteiger partial charge in [-0.3, -0.25) is 4.79 Å². The summed E-state index contributed by atoms with van der Waals surface area (Å²) in [5.74, 6) is 0.432. The van der Waals surface area contributed by atoms with Gasteiger partial charge < -0.3 is 15.6 Å². The van der Waals surface area contributed by atoms with Gasteiger partial charge >= 0.3 is 0 Å². The normalized spacial score (nSPS) is 16.1. The zero-order valence-corrected chi connectivity index (χ0v) is 17.2. The number of halogens is 1. The predicted octanol–water partition coefficient (Wildman–Crippen LogP) is 1.40. The van der Waals surface area contributed by atoms with E-state index in [2.05, 4.69) is 20.2 Å². The van der Waals surface area contributed by atoms with Gasteiger partial charge in [-0.05, 0) is 25.0 Å². The van der Waals surface area contributed by atoms with Gasteiger partial charge in [-0.15, -0.1) is 23.7 Å². The summed E-state index contributed by atoms with van der Waals surface area (Å²) >= 11 is 1.09. The highest BCUT2D eigenvalue weighted by atomic mass is 35.5. The molecule has 1 aliphatic rings. The van der Waals surface area contributed by atoms with E-state index in [1.54, 1.807) is 6.07 Å². The summed E-state index contributed by atoms with van der Waals surface area (Å²) in [6, 6.07) is 3.16. The number of nitrogens with one attached hydrogen (secondary N) is 2. The number of rotatable bonds is 7. The number of carbonyl (C=O) groups excluding carboxylic acids is 1. The smallest absolute Gasteiger partial charge is 0.250 e. The number of aromatic nitrogens is 2. The molecule has 1 aliphatic carbocycles. The highest BCUT2D eigenvalue weighted by Gasteiger charge is 2.36. The molecule has 2 aromatic rings.